The van der Waals surface area contributed by atoms with Crippen LogP contribution in [0.5, 0.6) is 5.75 Å². The molecular formula is C16H20ClNO3. The van der Waals surface area contributed by atoms with Gasteiger partial charge in [-0.3, -0.25) is 0 Å². The third-order valence-electron chi connectivity index (χ3n) is 3.48. The minimum Gasteiger partial charge on any atom is -0.506 e. The van der Waals surface area contributed by atoms with Gasteiger partial charge in [0.15, 0.2) is 0 Å². The molecule has 1 aromatic heterocycles. The number of phenols is 1. The van der Waals surface area contributed by atoms with Crippen LogP contribution in [0, 0.1) is 13.8 Å². The van der Waals surface area contributed by atoms with Crippen LogP contribution in [0.3, 0.4) is 0 Å². The summed E-state index contributed by atoms with van der Waals surface area (Å²) in [4.78, 5) is 0. The smallest absolute Gasteiger partial charge is 0.138 e. The number of para-hydroxylation sites is 1. The zero-order chi connectivity index (χ0) is 15.6. The van der Waals surface area contributed by atoms with Crippen LogP contribution in [-0.4, -0.2) is 16.8 Å². The van der Waals surface area contributed by atoms with Crippen molar-refractivity contribution in [3.8, 4) is 5.75 Å². The fourth-order valence-electron chi connectivity index (χ4n) is 2.40. The molecule has 2 rings (SSSR count). The van der Waals surface area contributed by atoms with Crippen molar-refractivity contribution in [1.82, 2.24) is 5.32 Å². The summed E-state index contributed by atoms with van der Waals surface area (Å²) in [6.45, 7) is 6.16. The molecule has 1 heterocycles. The lowest BCUT2D eigenvalue weighted by molar-refractivity contribution is 0.0551. The Balaban J connectivity index is 2.02. The van der Waals surface area contributed by atoms with E-state index in [4.69, 9.17) is 16.0 Å². The highest BCUT2D eigenvalue weighted by Crippen LogP contribution is 2.28. The zero-order valence-electron chi connectivity index (χ0n) is 12.4. The van der Waals surface area contributed by atoms with Gasteiger partial charge < -0.3 is 19.9 Å². The number of furan rings is 1. The van der Waals surface area contributed by atoms with Crippen LogP contribution in [-0.2, 0) is 12.1 Å². The maximum absolute atomic E-state index is 10.6. The molecule has 0 radical (unpaired) electrons. The number of benzene rings is 1. The maximum Gasteiger partial charge on any atom is 0.138 e. The Bertz CT molecular complexity index is 634. The molecule has 2 aromatic rings. The van der Waals surface area contributed by atoms with Gasteiger partial charge in [0.05, 0.1) is 5.02 Å². The SMILES string of the molecule is Cc1cc(C(C)(O)CNCc2cccc(Cl)c2O)c(C)o1. The van der Waals surface area contributed by atoms with E-state index in [1.54, 1.807) is 25.1 Å². The van der Waals surface area contributed by atoms with E-state index in [1.165, 1.54) is 0 Å². The zero-order valence-corrected chi connectivity index (χ0v) is 13.2. The second-order valence-electron chi connectivity index (χ2n) is 5.45. The van der Waals surface area contributed by atoms with Crippen molar-refractivity contribution in [3.63, 3.8) is 0 Å². The van der Waals surface area contributed by atoms with Crippen molar-refractivity contribution in [3.05, 3.63) is 51.9 Å². The lowest BCUT2D eigenvalue weighted by Crippen LogP contribution is -2.35. The van der Waals surface area contributed by atoms with Gasteiger partial charge in [0.25, 0.3) is 0 Å². The molecule has 3 N–H and O–H groups in total. The van der Waals surface area contributed by atoms with E-state index in [1.807, 2.05) is 19.9 Å². The van der Waals surface area contributed by atoms with E-state index in [2.05, 4.69) is 5.32 Å². The minimum absolute atomic E-state index is 0.0710. The first kappa shape index (κ1) is 15.9. The van der Waals surface area contributed by atoms with E-state index >= 15 is 0 Å². The first-order valence-electron chi connectivity index (χ1n) is 6.78. The van der Waals surface area contributed by atoms with Crippen LogP contribution in [0.2, 0.25) is 5.02 Å². The van der Waals surface area contributed by atoms with Gasteiger partial charge in [0, 0.05) is 24.2 Å². The maximum atomic E-state index is 10.6. The lowest BCUT2D eigenvalue weighted by Gasteiger charge is -2.23. The van der Waals surface area contributed by atoms with E-state index in [-0.39, 0.29) is 5.75 Å². The molecule has 1 aromatic carbocycles. The van der Waals surface area contributed by atoms with Gasteiger partial charge in [-0.05, 0) is 32.9 Å². The number of phenolic OH excluding ortho intramolecular Hbond substituents is 1. The van der Waals surface area contributed by atoms with Gasteiger partial charge in [-0.15, -0.1) is 0 Å². The van der Waals surface area contributed by atoms with Crippen molar-refractivity contribution in [2.75, 3.05) is 6.54 Å². The van der Waals surface area contributed by atoms with Gasteiger partial charge >= 0.3 is 0 Å². The van der Waals surface area contributed by atoms with Gasteiger partial charge in [-0.2, -0.15) is 0 Å². The van der Waals surface area contributed by atoms with Crippen molar-refractivity contribution in [2.24, 2.45) is 0 Å². The third kappa shape index (κ3) is 3.59. The van der Waals surface area contributed by atoms with Gasteiger partial charge in [0.2, 0.25) is 0 Å². The quantitative estimate of drug-likeness (QED) is 0.793. The number of aryl methyl sites for hydroxylation is 2. The minimum atomic E-state index is -1.05. The molecule has 0 saturated heterocycles. The highest BCUT2D eigenvalue weighted by Gasteiger charge is 2.27. The summed E-state index contributed by atoms with van der Waals surface area (Å²) >= 11 is 5.86. The second-order valence-corrected chi connectivity index (χ2v) is 5.86. The topological polar surface area (TPSA) is 65.6 Å². The number of hydrogen-bond donors (Lipinski definition) is 3. The normalized spacial score (nSPS) is 14.1. The molecule has 1 atom stereocenters. The largest absolute Gasteiger partial charge is 0.506 e. The Morgan fingerprint density at radius 1 is 1.33 bits per heavy atom. The van der Waals surface area contributed by atoms with E-state index in [0.29, 0.717) is 29.4 Å². The van der Waals surface area contributed by atoms with Crippen molar-refractivity contribution >= 4 is 11.6 Å². The summed E-state index contributed by atoms with van der Waals surface area (Å²) in [6.07, 6.45) is 0. The third-order valence-corrected chi connectivity index (χ3v) is 3.78. The average Bonchev–Trinajstić information content (AvgIpc) is 2.74. The highest BCUT2D eigenvalue weighted by atomic mass is 35.5. The van der Waals surface area contributed by atoms with E-state index < -0.39 is 5.60 Å². The Hall–Kier alpha value is -1.49. The second kappa shape index (κ2) is 6.10. The molecule has 0 aliphatic rings. The highest BCUT2D eigenvalue weighted by molar-refractivity contribution is 6.32. The molecule has 0 fully saturated rings. The van der Waals surface area contributed by atoms with Gasteiger partial charge in [-0.25, -0.2) is 0 Å². The summed E-state index contributed by atoms with van der Waals surface area (Å²) in [5, 5.41) is 23.9. The van der Waals surface area contributed by atoms with E-state index in [0.717, 1.165) is 11.3 Å². The fourth-order valence-corrected chi connectivity index (χ4v) is 2.60. The van der Waals surface area contributed by atoms with Crippen LogP contribution in [0.1, 0.15) is 29.6 Å². The molecule has 5 heteroatoms. The molecule has 114 valence electrons. The Morgan fingerprint density at radius 3 is 2.67 bits per heavy atom. The molecule has 0 saturated carbocycles. The molecule has 0 aliphatic carbocycles. The summed E-state index contributed by atoms with van der Waals surface area (Å²) in [5.74, 6) is 1.56. The molecule has 0 spiro atoms. The first-order chi connectivity index (χ1) is 9.81. The Kier molecular flexibility index (Phi) is 4.61. The van der Waals surface area contributed by atoms with Gasteiger partial charge in [-0.1, -0.05) is 23.7 Å². The molecule has 21 heavy (non-hydrogen) atoms. The van der Waals surface area contributed by atoms with Crippen LogP contribution < -0.4 is 5.32 Å². The Morgan fingerprint density at radius 2 is 2.05 bits per heavy atom. The predicted molar refractivity (Wildman–Crippen MR) is 82.6 cm³/mol. The van der Waals surface area contributed by atoms with Gasteiger partial charge in [0.1, 0.15) is 22.9 Å². The molecule has 1 unspecified atom stereocenters. The number of halogens is 1. The molecule has 0 amide bonds. The Labute approximate surface area is 129 Å². The standard InChI is InChI=1S/C16H20ClNO3/c1-10-7-13(11(2)21-10)16(3,20)9-18-8-12-5-4-6-14(17)15(12)19/h4-7,18-20H,8-9H2,1-3H3. The molecule has 0 bridgehead atoms. The summed E-state index contributed by atoms with van der Waals surface area (Å²) in [7, 11) is 0. The van der Waals surface area contributed by atoms with Crippen LogP contribution in [0.4, 0.5) is 0 Å². The van der Waals surface area contributed by atoms with Crippen LogP contribution in [0.15, 0.2) is 28.7 Å². The summed E-state index contributed by atoms with van der Waals surface area (Å²) in [5.41, 5.74) is 0.414. The van der Waals surface area contributed by atoms with Crippen molar-refractivity contribution < 1.29 is 14.6 Å². The molecular weight excluding hydrogens is 290 g/mol. The first-order valence-corrected chi connectivity index (χ1v) is 7.16. The van der Waals surface area contributed by atoms with E-state index in [9.17, 15) is 10.2 Å². The lowest BCUT2D eigenvalue weighted by atomic mass is 9.96. The number of aromatic hydroxyl groups is 1. The van der Waals surface area contributed by atoms with Crippen LogP contribution in [0.25, 0.3) is 0 Å². The molecule has 0 aliphatic heterocycles. The van der Waals surface area contributed by atoms with Crippen molar-refractivity contribution in [2.45, 2.75) is 32.9 Å². The fraction of sp³-hybridized carbons (Fsp3) is 0.375. The summed E-state index contributed by atoms with van der Waals surface area (Å²) < 4.78 is 5.46. The monoisotopic (exact) mass is 309 g/mol. The number of rotatable bonds is 5. The van der Waals surface area contributed by atoms with Crippen molar-refractivity contribution in [1.29, 1.82) is 0 Å². The summed E-state index contributed by atoms with van der Waals surface area (Å²) in [6, 6.07) is 7.04. The number of aliphatic hydroxyl groups is 1. The molecule has 4 nitrogen and oxygen atoms in total. The number of nitrogens with one attached hydrogen (secondary N) is 1. The predicted octanol–water partition coefficient (Wildman–Crippen LogP) is 3.25. The van der Waals surface area contributed by atoms with Crippen LogP contribution >= 0.6 is 11.6 Å². The average molecular weight is 310 g/mol. The number of hydrogen-bond acceptors (Lipinski definition) is 4.